The highest BCUT2D eigenvalue weighted by Crippen LogP contribution is 2.24. The molecule has 1 aliphatic carbocycles. The van der Waals surface area contributed by atoms with Crippen LogP contribution in [0.15, 0.2) is 5.16 Å². The van der Waals surface area contributed by atoms with E-state index in [0.29, 0.717) is 12.5 Å². The monoisotopic (exact) mass is 296 g/mol. The Labute approximate surface area is 127 Å². The second-order valence-electron chi connectivity index (χ2n) is 6.23. The van der Waals surface area contributed by atoms with Crippen molar-refractivity contribution in [1.82, 2.24) is 9.80 Å². The SMILES string of the molecule is NC(CN1CCN(C(=O)C2CCCCCCC2)CC1)=NO. The number of piperazine rings is 1. The van der Waals surface area contributed by atoms with Crippen LogP contribution < -0.4 is 5.73 Å². The normalized spacial score (nSPS) is 23.6. The molecule has 21 heavy (non-hydrogen) atoms. The van der Waals surface area contributed by atoms with E-state index < -0.39 is 0 Å². The third-order valence-corrected chi connectivity index (χ3v) is 4.65. The molecule has 0 spiro atoms. The topological polar surface area (TPSA) is 82.2 Å². The smallest absolute Gasteiger partial charge is 0.225 e. The molecule has 2 aliphatic rings. The first kappa shape index (κ1) is 16.1. The summed E-state index contributed by atoms with van der Waals surface area (Å²) in [4.78, 5) is 16.8. The zero-order valence-electron chi connectivity index (χ0n) is 12.8. The third-order valence-electron chi connectivity index (χ3n) is 4.65. The van der Waals surface area contributed by atoms with Crippen LogP contribution in [0.3, 0.4) is 0 Å². The number of nitrogens with two attached hydrogens (primary N) is 1. The zero-order valence-corrected chi connectivity index (χ0v) is 12.8. The number of oxime groups is 1. The Morgan fingerprint density at radius 1 is 1.05 bits per heavy atom. The number of carbonyl (C=O) groups excluding carboxylic acids is 1. The van der Waals surface area contributed by atoms with Crippen LogP contribution in [0.4, 0.5) is 0 Å². The molecule has 0 bridgehead atoms. The van der Waals surface area contributed by atoms with Crippen molar-refractivity contribution in [2.45, 2.75) is 44.9 Å². The second-order valence-corrected chi connectivity index (χ2v) is 6.23. The van der Waals surface area contributed by atoms with E-state index in [9.17, 15) is 4.79 Å². The van der Waals surface area contributed by atoms with Gasteiger partial charge in [-0.25, -0.2) is 0 Å². The average Bonchev–Trinajstić information content (AvgIpc) is 2.47. The first-order valence-electron chi connectivity index (χ1n) is 8.18. The molecule has 3 N–H and O–H groups in total. The quantitative estimate of drug-likeness (QED) is 0.355. The lowest BCUT2D eigenvalue weighted by molar-refractivity contribution is -0.137. The highest BCUT2D eigenvalue weighted by molar-refractivity contribution is 5.81. The molecular formula is C15H28N4O2. The standard InChI is InChI=1S/C15H28N4O2/c16-14(17-21)12-18-8-10-19(11-9-18)15(20)13-6-4-2-1-3-5-7-13/h13,21H,1-12H2,(H2,16,17). The molecule has 2 rings (SSSR count). The average molecular weight is 296 g/mol. The van der Waals surface area contributed by atoms with Gasteiger partial charge >= 0.3 is 0 Å². The summed E-state index contributed by atoms with van der Waals surface area (Å²) in [6.45, 7) is 3.59. The molecule has 120 valence electrons. The highest BCUT2D eigenvalue weighted by Gasteiger charge is 2.27. The molecule has 0 unspecified atom stereocenters. The fraction of sp³-hybridized carbons (Fsp3) is 0.867. The first-order chi connectivity index (χ1) is 10.2. The van der Waals surface area contributed by atoms with Gasteiger partial charge in [0, 0.05) is 32.1 Å². The van der Waals surface area contributed by atoms with Gasteiger partial charge in [0.2, 0.25) is 5.91 Å². The van der Waals surface area contributed by atoms with Crippen LogP contribution >= 0.6 is 0 Å². The predicted octanol–water partition coefficient (Wildman–Crippen LogP) is 1.24. The second kappa shape index (κ2) is 8.22. The van der Waals surface area contributed by atoms with E-state index in [1.165, 1.54) is 32.1 Å². The van der Waals surface area contributed by atoms with E-state index in [2.05, 4.69) is 10.1 Å². The Morgan fingerprint density at radius 2 is 1.62 bits per heavy atom. The molecule has 6 nitrogen and oxygen atoms in total. The molecule has 0 aromatic heterocycles. The summed E-state index contributed by atoms with van der Waals surface area (Å²) in [6, 6.07) is 0. The lowest BCUT2D eigenvalue weighted by Gasteiger charge is -2.36. The lowest BCUT2D eigenvalue weighted by atomic mass is 9.90. The Balaban J connectivity index is 1.79. The molecule has 1 saturated heterocycles. The largest absolute Gasteiger partial charge is 0.409 e. The molecule has 1 aliphatic heterocycles. The van der Waals surface area contributed by atoms with Crippen molar-refractivity contribution >= 4 is 11.7 Å². The van der Waals surface area contributed by atoms with Crippen molar-refractivity contribution in [1.29, 1.82) is 0 Å². The number of rotatable bonds is 3. The Morgan fingerprint density at radius 3 is 2.19 bits per heavy atom. The van der Waals surface area contributed by atoms with Crippen LogP contribution in [-0.2, 0) is 4.79 Å². The van der Waals surface area contributed by atoms with Crippen LogP contribution in [-0.4, -0.2) is 59.5 Å². The van der Waals surface area contributed by atoms with Gasteiger partial charge in [0.05, 0.1) is 6.54 Å². The Kier molecular flexibility index (Phi) is 6.29. The summed E-state index contributed by atoms with van der Waals surface area (Å²) in [6.07, 6.45) is 8.38. The van der Waals surface area contributed by atoms with Gasteiger partial charge in [-0.2, -0.15) is 0 Å². The van der Waals surface area contributed by atoms with Gasteiger partial charge in [0.25, 0.3) is 0 Å². The summed E-state index contributed by atoms with van der Waals surface area (Å²) >= 11 is 0. The van der Waals surface area contributed by atoms with Crippen LogP contribution in [0.2, 0.25) is 0 Å². The van der Waals surface area contributed by atoms with Gasteiger partial charge in [-0.3, -0.25) is 9.69 Å². The Hall–Kier alpha value is -1.30. The van der Waals surface area contributed by atoms with Gasteiger partial charge < -0.3 is 15.8 Å². The van der Waals surface area contributed by atoms with Crippen molar-refractivity contribution in [2.75, 3.05) is 32.7 Å². The van der Waals surface area contributed by atoms with Crippen molar-refractivity contribution in [3.8, 4) is 0 Å². The lowest BCUT2D eigenvalue weighted by Crippen LogP contribution is -2.52. The van der Waals surface area contributed by atoms with Crippen molar-refractivity contribution in [3.63, 3.8) is 0 Å². The number of nitrogens with zero attached hydrogens (tertiary/aromatic N) is 3. The number of hydrogen-bond acceptors (Lipinski definition) is 4. The van der Waals surface area contributed by atoms with Crippen molar-refractivity contribution < 1.29 is 10.0 Å². The van der Waals surface area contributed by atoms with E-state index in [4.69, 9.17) is 10.9 Å². The number of amides is 1. The summed E-state index contributed by atoms with van der Waals surface area (Å²) in [5, 5.41) is 11.6. The van der Waals surface area contributed by atoms with Crippen molar-refractivity contribution in [3.05, 3.63) is 0 Å². The molecular weight excluding hydrogens is 268 g/mol. The number of carbonyl (C=O) groups is 1. The molecule has 0 aromatic carbocycles. The van der Waals surface area contributed by atoms with Gasteiger partial charge in [-0.05, 0) is 12.8 Å². The van der Waals surface area contributed by atoms with Crippen LogP contribution in [0.1, 0.15) is 44.9 Å². The van der Waals surface area contributed by atoms with E-state index in [-0.39, 0.29) is 11.8 Å². The van der Waals surface area contributed by atoms with Crippen molar-refractivity contribution in [2.24, 2.45) is 16.8 Å². The van der Waals surface area contributed by atoms with E-state index in [0.717, 1.165) is 39.0 Å². The highest BCUT2D eigenvalue weighted by atomic mass is 16.4. The molecule has 0 aromatic rings. The van der Waals surface area contributed by atoms with E-state index in [1.54, 1.807) is 0 Å². The van der Waals surface area contributed by atoms with E-state index >= 15 is 0 Å². The first-order valence-corrected chi connectivity index (χ1v) is 8.18. The van der Waals surface area contributed by atoms with Gasteiger partial charge in [-0.15, -0.1) is 0 Å². The minimum absolute atomic E-state index is 0.231. The number of hydrogen-bond donors (Lipinski definition) is 2. The molecule has 6 heteroatoms. The summed E-state index contributed by atoms with van der Waals surface area (Å²) in [5.74, 6) is 0.816. The summed E-state index contributed by atoms with van der Waals surface area (Å²) in [5.41, 5.74) is 5.53. The molecule has 1 heterocycles. The third kappa shape index (κ3) is 4.88. The minimum atomic E-state index is 0.231. The molecule has 0 radical (unpaired) electrons. The maximum atomic E-state index is 12.6. The van der Waals surface area contributed by atoms with E-state index in [1.807, 2.05) is 4.90 Å². The maximum absolute atomic E-state index is 12.6. The van der Waals surface area contributed by atoms with Crippen LogP contribution in [0, 0.1) is 5.92 Å². The van der Waals surface area contributed by atoms with Gasteiger partial charge in [0.15, 0.2) is 5.84 Å². The van der Waals surface area contributed by atoms with Crippen LogP contribution in [0.5, 0.6) is 0 Å². The maximum Gasteiger partial charge on any atom is 0.225 e. The van der Waals surface area contributed by atoms with Gasteiger partial charge in [0.1, 0.15) is 0 Å². The molecule has 0 atom stereocenters. The summed E-state index contributed by atoms with van der Waals surface area (Å²) < 4.78 is 0. The Bertz CT molecular complexity index is 357. The van der Waals surface area contributed by atoms with Gasteiger partial charge in [-0.1, -0.05) is 37.3 Å². The number of amidine groups is 1. The predicted molar refractivity (Wildman–Crippen MR) is 82.2 cm³/mol. The fourth-order valence-electron chi connectivity index (χ4n) is 3.35. The molecule has 1 saturated carbocycles. The fourth-order valence-corrected chi connectivity index (χ4v) is 3.35. The molecule has 1 amide bonds. The summed E-state index contributed by atoms with van der Waals surface area (Å²) in [7, 11) is 0. The van der Waals surface area contributed by atoms with Crippen LogP contribution in [0.25, 0.3) is 0 Å². The molecule has 2 fully saturated rings. The minimum Gasteiger partial charge on any atom is -0.409 e. The zero-order chi connectivity index (χ0) is 15.1.